The molecule has 0 bridgehead atoms. The molecule has 1 aromatic heterocycles. The number of benzene rings is 2. The second kappa shape index (κ2) is 8.31. The predicted molar refractivity (Wildman–Crippen MR) is 99.8 cm³/mol. The average molecular weight is 364 g/mol. The van der Waals surface area contributed by atoms with Crippen LogP contribution in [-0.4, -0.2) is 28.3 Å². The maximum absolute atomic E-state index is 12.7. The highest BCUT2D eigenvalue weighted by atomic mass is 16.5. The fourth-order valence-electron chi connectivity index (χ4n) is 2.70. The van der Waals surface area contributed by atoms with Crippen LogP contribution in [-0.2, 0) is 16.1 Å². The fourth-order valence-corrected chi connectivity index (χ4v) is 2.70. The lowest BCUT2D eigenvalue weighted by Gasteiger charge is -2.07. The van der Waals surface area contributed by atoms with Crippen molar-refractivity contribution < 1.29 is 19.1 Å². The molecule has 0 radical (unpaired) electrons. The van der Waals surface area contributed by atoms with E-state index in [9.17, 15) is 9.59 Å². The number of rotatable bonds is 6. The van der Waals surface area contributed by atoms with E-state index < -0.39 is 11.9 Å². The SMILES string of the molecule is CCOC(=O)c1nn(-c2ccccc2)c(C)c1C(=O)OCc1ccccc1. The van der Waals surface area contributed by atoms with Gasteiger partial charge in [-0.25, -0.2) is 14.3 Å². The molecule has 1 heterocycles. The molecular formula is C21H20N2O4. The summed E-state index contributed by atoms with van der Waals surface area (Å²) < 4.78 is 12.0. The Morgan fingerprint density at radius 3 is 2.19 bits per heavy atom. The van der Waals surface area contributed by atoms with Crippen LogP contribution < -0.4 is 0 Å². The van der Waals surface area contributed by atoms with Crippen molar-refractivity contribution in [1.82, 2.24) is 9.78 Å². The number of esters is 2. The molecule has 0 atom stereocenters. The molecule has 0 saturated heterocycles. The molecule has 0 fully saturated rings. The third kappa shape index (κ3) is 4.06. The van der Waals surface area contributed by atoms with Crippen molar-refractivity contribution in [3.05, 3.63) is 83.2 Å². The van der Waals surface area contributed by atoms with Crippen LogP contribution in [0.5, 0.6) is 0 Å². The normalized spacial score (nSPS) is 10.4. The summed E-state index contributed by atoms with van der Waals surface area (Å²) in [6.45, 7) is 3.72. The van der Waals surface area contributed by atoms with Gasteiger partial charge in [-0.05, 0) is 31.5 Å². The minimum absolute atomic E-state index is 0.0451. The largest absolute Gasteiger partial charge is 0.461 e. The number of carbonyl (C=O) groups is 2. The molecule has 0 N–H and O–H groups in total. The van der Waals surface area contributed by atoms with Crippen LogP contribution in [0.15, 0.2) is 60.7 Å². The van der Waals surface area contributed by atoms with Gasteiger partial charge in [0.05, 0.1) is 18.0 Å². The third-order valence-corrected chi connectivity index (χ3v) is 4.00. The van der Waals surface area contributed by atoms with Gasteiger partial charge in [0, 0.05) is 0 Å². The first-order valence-electron chi connectivity index (χ1n) is 8.65. The van der Waals surface area contributed by atoms with Gasteiger partial charge in [0.2, 0.25) is 0 Å². The first kappa shape index (κ1) is 18.4. The summed E-state index contributed by atoms with van der Waals surface area (Å²) in [5, 5.41) is 4.32. The Hall–Kier alpha value is -3.41. The van der Waals surface area contributed by atoms with Crippen LogP contribution in [0.25, 0.3) is 5.69 Å². The number of nitrogens with zero attached hydrogens (tertiary/aromatic N) is 2. The van der Waals surface area contributed by atoms with Crippen molar-refractivity contribution >= 4 is 11.9 Å². The smallest absolute Gasteiger partial charge is 0.359 e. The summed E-state index contributed by atoms with van der Waals surface area (Å²) in [5.74, 6) is -1.26. The number of hydrogen-bond donors (Lipinski definition) is 0. The van der Waals surface area contributed by atoms with E-state index in [1.165, 1.54) is 0 Å². The second-order valence-corrected chi connectivity index (χ2v) is 5.84. The quantitative estimate of drug-likeness (QED) is 0.624. The lowest BCUT2D eigenvalue weighted by Crippen LogP contribution is -2.14. The van der Waals surface area contributed by atoms with Gasteiger partial charge in [-0.15, -0.1) is 0 Å². The maximum atomic E-state index is 12.7. The molecule has 6 nitrogen and oxygen atoms in total. The van der Waals surface area contributed by atoms with Gasteiger partial charge < -0.3 is 9.47 Å². The minimum atomic E-state index is -0.651. The van der Waals surface area contributed by atoms with Crippen molar-refractivity contribution in [3.63, 3.8) is 0 Å². The van der Waals surface area contributed by atoms with E-state index in [0.29, 0.717) is 5.69 Å². The van der Waals surface area contributed by atoms with Crippen LogP contribution in [0, 0.1) is 6.92 Å². The summed E-state index contributed by atoms with van der Waals surface area (Å²) in [6.07, 6.45) is 0. The molecule has 0 saturated carbocycles. The predicted octanol–water partition coefficient (Wildman–Crippen LogP) is 3.71. The van der Waals surface area contributed by atoms with Crippen molar-refractivity contribution in [2.24, 2.45) is 0 Å². The summed E-state index contributed by atoms with van der Waals surface area (Å²) in [4.78, 5) is 25.1. The molecule has 0 unspecified atom stereocenters. The van der Waals surface area contributed by atoms with E-state index in [0.717, 1.165) is 11.3 Å². The third-order valence-electron chi connectivity index (χ3n) is 4.00. The Morgan fingerprint density at radius 1 is 0.926 bits per heavy atom. The van der Waals surface area contributed by atoms with Crippen LogP contribution in [0.3, 0.4) is 0 Å². The van der Waals surface area contributed by atoms with E-state index in [1.807, 2.05) is 60.7 Å². The monoisotopic (exact) mass is 364 g/mol. The van der Waals surface area contributed by atoms with E-state index in [1.54, 1.807) is 18.5 Å². The van der Waals surface area contributed by atoms with Crippen LogP contribution >= 0.6 is 0 Å². The summed E-state index contributed by atoms with van der Waals surface area (Å²) in [7, 11) is 0. The fraction of sp³-hybridized carbons (Fsp3) is 0.190. The molecule has 0 aliphatic carbocycles. The molecule has 0 aliphatic rings. The van der Waals surface area contributed by atoms with Crippen molar-refractivity contribution in [2.75, 3.05) is 6.61 Å². The van der Waals surface area contributed by atoms with Gasteiger partial charge >= 0.3 is 11.9 Å². The number of hydrogen-bond acceptors (Lipinski definition) is 5. The number of ether oxygens (including phenoxy) is 2. The van der Waals surface area contributed by atoms with Gasteiger partial charge in [0.25, 0.3) is 0 Å². The number of para-hydroxylation sites is 1. The van der Waals surface area contributed by atoms with E-state index in [2.05, 4.69) is 5.10 Å². The maximum Gasteiger partial charge on any atom is 0.359 e. The minimum Gasteiger partial charge on any atom is -0.461 e. The second-order valence-electron chi connectivity index (χ2n) is 5.84. The van der Waals surface area contributed by atoms with Crippen LogP contribution in [0.2, 0.25) is 0 Å². The summed E-state index contributed by atoms with van der Waals surface area (Å²) in [6, 6.07) is 18.6. The molecule has 3 rings (SSSR count). The van der Waals surface area contributed by atoms with E-state index >= 15 is 0 Å². The summed E-state index contributed by atoms with van der Waals surface area (Å²) >= 11 is 0. The highest BCUT2D eigenvalue weighted by Crippen LogP contribution is 2.21. The van der Waals surface area contributed by atoms with Crippen molar-refractivity contribution in [2.45, 2.75) is 20.5 Å². The van der Waals surface area contributed by atoms with Crippen molar-refractivity contribution in [1.29, 1.82) is 0 Å². The van der Waals surface area contributed by atoms with Gasteiger partial charge in [-0.2, -0.15) is 5.10 Å². The van der Waals surface area contributed by atoms with E-state index in [-0.39, 0.29) is 24.5 Å². The Balaban J connectivity index is 1.95. The summed E-state index contributed by atoms with van der Waals surface area (Å²) in [5.41, 5.74) is 2.19. The molecule has 6 heteroatoms. The van der Waals surface area contributed by atoms with E-state index in [4.69, 9.17) is 9.47 Å². The average Bonchev–Trinajstić information content (AvgIpc) is 3.05. The lowest BCUT2D eigenvalue weighted by molar-refractivity contribution is 0.0442. The first-order chi connectivity index (χ1) is 13.1. The van der Waals surface area contributed by atoms with Crippen LogP contribution in [0.4, 0.5) is 0 Å². The molecule has 0 aliphatic heterocycles. The Labute approximate surface area is 157 Å². The standard InChI is InChI=1S/C21H20N2O4/c1-3-26-21(25)19-18(20(24)27-14-16-10-6-4-7-11-16)15(2)23(22-19)17-12-8-5-9-13-17/h4-13H,3,14H2,1-2H3. The van der Waals surface area contributed by atoms with Gasteiger partial charge in [0.1, 0.15) is 12.2 Å². The Morgan fingerprint density at radius 2 is 1.56 bits per heavy atom. The van der Waals surface area contributed by atoms with Crippen LogP contribution in [0.1, 0.15) is 39.0 Å². The molecule has 27 heavy (non-hydrogen) atoms. The molecule has 0 amide bonds. The zero-order valence-corrected chi connectivity index (χ0v) is 15.2. The molecule has 0 spiro atoms. The van der Waals surface area contributed by atoms with Crippen molar-refractivity contribution in [3.8, 4) is 5.69 Å². The highest BCUT2D eigenvalue weighted by Gasteiger charge is 2.28. The topological polar surface area (TPSA) is 70.4 Å². The zero-order chi connectivity index (χ0) is 19.2. The molecule has 2 aromatic carbocycles. The first-order valence-corrected chi connectivity index (χ1v) is 8.65. The number of carbonyl (C=O) groups excluding carboxylic acids is 2. The highest BCUT2D eigenvalue weighted by molar-refractivity contribution is 6.02. The zero-order valence-electron chi connectivity index (χ0n) is 15.2. The molecule has 138 valence electrons. The molecular weight excluding hydrogens is 344 g/mol. The molecule has 3 aromatic rings. The Kier molecular flexibility index (Phi) is 5.66. The van der Waals surface area contributed by atoms with Gasteiger partial charge in [-0.3, -0.25) is 0 Å². The lowest BCUT2D eigenvalue weighted by atomic mass is 10.2. The van der Waals surface area contributed by atoms with Gasteiger partial charge in [-0.1, -0.05) is 48.5 Å². The van der Waals surface area contributed by atoms with Gasteiger partial charge in [0.15, 0.2) is 5.69 Å². The Bertz CT molecular complexity index is 934. The number of aromatic nitrogens is 2.